The molecule has 1 amide bonds. The van der Waals surface area contributed by atoms with E-state index in [1.165, 1.54) is 12.1 Å². The third-order valence-electron chi connectivity index (χ3n) is 8.84. The van der Waals surface area contributed by atoms with Crippen LogP contribution in [-0.4, -0.2) is 53.2 Å². The van der Waals surface area contributed by atoms with Crippen molar-refractivity contribution in [1.82, 2.24) is 10.2 Å². The van der Waals surface area contributed by atoms with Gasteiger partial charge in [0.15, 0.2) is 0 Å². The molecule has 2 aromatic rings. The third-order valence-corrected chi connectivity index (χ3v) is 8.84. The molecule has 0 unspecified atom stereocenters. The van der Waals surface area contributed by atoms with E-state index < -0.39 is 34.9 Å². The summed E-state index contributed by atoms with van der Waals surface area (Å²) < 4.78 is 73.2. The Morgan fingerprint density at radius 1 is 1.10 bits per heavy atom. The van der Waals surface area contributed by atoms with Crippen molar-refractivity contribution in [2.45, 2.75) is 69.3 Å². The van der Waals surface area contributed by atoms with Crippen molar-refractivity contribution >= 4 is 11.9 Å². The molecule has 5 rings (SSSR count). The molecular formula is C30H33F5N2O4. The van der Waals surface area contributed by atoms with E-state index in [2.05, 4.69) is 17.1 Å². The number of piperidine rings is 1. The zero-order chi connectivity index (χ0) is 29.5. The molecule has 0 radical (unpaired) electrons. The number of halogens is 5. The second-order valence-electron chi connectivity index (χ2n) is 11.6. The highest BCUT2D eigenvalue weighted by atomic mass is 19.4. The molecule has 0 bridgehead atoms. The number of hydrogen-bond acceptors (Lipinski definition) is 4. The fourth-order valence-corrected chi connectivity index (χ4v) is 6.50. The standard InChI is InChI=1S/C30H33F5N2O4/c1-17-15-37(9-7-24(17)19-2-5-26(32)25(12-19)27(38)39)23-6-8-29(41-16-23,20-3-4-20)28(40)36-14-18-10-21(30(33,34)35)13-22(31)11-18/h2,5,10-13,17,20,23-24H,3-4,6-9,14-16H2,1H3,(H,36,40)(H,38,39)/t17-,23+,24-,29-/m0/s1. The van der Waals surface area contributed by atoms with E-state index in [0.717, 1.165) is 50.0 Å². The van der Waals surface area contributed by atoms with Crippen LogP contribution in [0.2, 0.25) is 0 Å². The van der Waals surface area contributed by atoms with Gasteiger partial charge in [0.1, 0.15) is 17.2 Å². The smallest absolute Gasteiger partial charge is 0.416 e. The molecule has 41 heavy (non-hydrogen) atoms. The van der Waals surface area contributed by atoms with Gasteiger partial charge in [-0.2, -0.15) is 13.2 Å². The third kappa shape index (κ3) is 6.25. The highest BCUT2D eigenvalue weighted by Crippen LogP contribution is 2.47. The van der Waals surface area contributed by atoms with Crippen LogP contribution in [0.25, 0.3) is 0 Å². The summed E-state index contributed by atoms with van der Waals surface area (Å²) in [5.41, 5.74) is -1.65. The van der Waals surface area contributed by atoms with Crippen LogP contribution in [0.3, 0.4) is 0 Å². The highest BCUT2D eigenvalue weighted by Gasteiger charge is 2.54. The summed E-state index contributed by atoms with van der Waals surface area (Å²) in [5, 5.41) is 12.0. The lowest BCUT2D eigenvalue weighted by Crippen LogP contribution is -2.57. The molecule has 1 aliphatic carbocycles. The van der Waals surface area contributed by atoms with Gasteiger partial charge in [0.25, 0.3) is 5.91 Å². The molecule has 2 saturated heterocycles. The van der Waals surface area contributed by atoms with Gasteiger partial charge in [-0.05, 0) is 97.9 Å². The molecule has 1 saturated carbocycles. The van der Waals surface area contributed by atoms with Crippen LogP contribution in [-0.2, 0) is 22.3 Å². The number of nitrogens with zero attached hydrogens (tertiary/aromatic N) is 1. The summed E-state index contributed by atoms with van der Waals surface area (Å²) in [6.45, 7) is 3.66. The SMILES string of the molecule is C[C@H]1CN([C@@H]2CC[C@@](C(=O)NCc3cc(F)cc(C(F)(F)F)c3)(C3CC3)OC2)CC[C@@H]1c1ccc(F)c(C(=O)O)c1. The van der Waals surface area contributed by atoms with Crippen molar-refractivity contribution in [3.63, 3.8) is 0 Å². The number of rotatable bonds is 7. The van der Waals surface area contributed by atoms with Crippen LogP contribution in [0, 0.1) is 23.5 Å². The minimum Gasteiger partial charge on any atom is -0.478 e. The van der Waals surface area contributed by atoms with Crippen molar-refractivity contribution in [2.75, 3.05) is 19.7 Å². The number of ether oxygens (including phenoxy) is 1. The van der Waals surface area contributed by atoms with E-state index in [1.807, 2.05) is 0 Å². The monoisotopic (exact) mass is 580 g/mol. The number of nitrogens with one attached hydrogen (secondary N) is 1. The molecular weight excluding hydrogens is 547 g/mol. The summed E-state index contributed by atoms with van der Waals surface area (Å²) in [6.07, 6.45) is -1.09. The highest BCUT2D eigenvalue weighted by molar-refractivity contribution is 5.88. The number of aromatic carboxylic acids is 1. The Hall–Kier alpha value is -3.05. The lowest BCUT2D eigenvalue weighted by atomic mass is 9.79. The van der Waals surface area contributed by atoms with Crippen LogP contribution in [0.5, 0.6) is 0 Å². The zero-order valence-electron chi connectivity index (χ0n) is 22.6. The molecule has 0 spiro atoms. The first-order valence-corrected chi connectivity index (χ1v) is 13.9. The van der Waals surface area contributed by atoms with Gasteiger partial charge >= 0.3 is 12.1 Å². The quantitative estimate of drug-likeness (QED) is 0.408. The number of carboxylic acid groups (broad SMARTS) is 1. The van der Waals surface area contributed by atoms with Gasteiger partial charge in [-0.25, -0.2) is 13.6 Å². The maximum Gasteiger partial charge on any atom is 0.416 e. The molecule has 2 heterocycles. The van der Waals surface area contributed by atoms with E-state index in [1.54, 1.807) is 6.07 Å². The van der Waals surface area contributed by atoms with Crippen LogP contribution >= 0.6 is 0 Å². The topological polar surface area (TPSA) is 78.9 Å². The molecule has 2 aliphatic heterocycles. The van der Waals surface area contributed by atoms with E-state index in [9.17, 15) is 36.6 Å². The average Bonchev–Trinajstić information content (AvgIpc) is 3.77. The maximum atomic E-state index is 13.9. The van der Waals surface area contributed by atoms with E-state index in [-0.39, 0.29) is 47.4 Å². The first-order chi connectivity index (χ1) is 19.4. The number of carboxylic acids is 1. The molecule has 6 nitrogen and oxygen atoms in total. The van der Waals surface area contributed by atoms with E-state index in [4.69, 9.17) is 4.74 Å². The first kappa shape index (κ1) is 29.4. The van der Waals surface area contributed by atoms with Crippen LogP contribution in [0.4, 0.5) is 22.0 Å². The summed E-state index contributed by atoms with van der Waals surface area (Å²) in [6, 6.07) is 6.61. The van der Waals surface area contributed by atoms with Crippen molar-refractivity contribution < 1.29 is 41.4 Å². The fourth-order valence-electron chi connectivity index (χ4n) is 6.50. The largest absolute Gasteiger partial charge is 0.478 e. The van der Waals surface area contributed by atoms with Crippen LogP contribution in [0.1, 0.15) is 72.0 Å². The second kappa shape index (κ2) is 11.3. The number of carbonyl (C=O) groups excluding carboxylic acids is 1. The van der Waals surface area contributed by atoms with Gasteiger partial charge in [0.2, 0.25) is 0 Å². The first-order valence-electron chi connectivity index (χ1n) is 13.9. The molecule has 3 aliphatic rings. The molecule has 2 N–H and O–H groups in total. The van der Waals surface area contributed by atoms with Gasteiger partial charge in [-0.15, -0.1) is 0 Å². The van der Waals surface area contributed by atoms with Crippen LogP contribution < -0.4 is 5.32 Å². The van der Waals surface area contributed by atoms with E-state index in [0.29, 0.717) is 25.5 Å². The Morgan fingerprint density at radius 2 is 1.85 bits per heavy atom. The van der Waals surface area contributed by atoms with Crippen molar-refractivity contribution in [1.29, 1.82) is 0 Å². The number of alkyl halides is 3. The minimum atomic E-state index is -4.69. The second-order valence-corrected chi connectivity index (χ2v) is 11.6. The summed E-state index contributed by atoms with van der Waals surface area (Å²) in [4.78, 5) is 27.0. The predicted octanol–water partition coefficient (Wildman–Crippen LogP) is 5.75. The molecule has 4 atom stereocenters. The Labute approximate surface area is 234 Å². The number of carbonyl (C=O) groups is 2. The zero-order valence-corrected chi connectivity index (χ0v) is 22.6. The molecule has 11 heteroatoms. The Bertz CT molecular complexity index is 1300. The summed E-state index contributed by atoms with van der Waals surface area (Å²) >= 11 is 0. The number of amides is 1. The number of likely N-dealkylation sites (tertiary alicyclic amines) is 1. The fraction of sp³-hybridized carbons (Fsp3) is 0.533. The van der Waals surface area contributed by atoms with E-state index >= 15 is 0 Å². The summed E-state index contributed by atoms with van der Waals surface area (Å²) in [7, 11) is 0. The normalized spacial score (nSPS) is 27.4. The van der Waals surface area contributed by atoms with Gasteiger partial charge in [0.05, 0.1) is 17.7 Å². The number of benzene rings is 2. The predicted molar refractivity (Wildman–Crippen MR) is 139 cm³/mol. The lowest BCUT2D eigenvalue weighted by molar-refractivity contribution is -0.166. The maximum absolute atomic E-state index is 13.9. The Morgan fingerprint density at radius 3 is 2.46 bits per heavy atom. The lowest BCUT2D eigenvalue weighted by Gasteiger charge is -2.46. The van der Waals surface area contributed by atoms with Gasteiger partial charge in [-0.3, -0.25) is 9.69 Å². The summed E-state index contributed by atoms with van der Waals surface area (Å²) in [5.74, 6) is -3.14. The van der Waals surface area contributed by atoms with Gasteiger partial charge in [0, 0.05) is 19.1 Å². The average molecular weight is 581 g/mol. The molecule has 222 valence electrons. The van der Waals surface area contributed by atoms with Crippen molar-refractivity contribution in [3.8, 4) is 0 Å². The van der Waals surface area contributed by atoms with Crippen LogP contribution in [0.15, 0.2) is 36.4 Å². The minimum absolute atomic E-state index is 0.0267. The molecule has 2 aromatic carbocycles. The Balaban J connectivity index is 1.19. The molecule has 0 aromatic heterocycles. The molecule has 3 fully saturated rings. The van der Waals surface area contributed by atoms with Crippen molar-refractivity contribution in [3.05, 3.63) is 70.3 Å². The van der Waals surface area contributed by atoms with Gasteiger partial charge < -0.3 is 15.2 Å². The van der Waals surface area contributed by atoms with Crippen molar-refractivity contribution in [2.24, 2.45) is 11.8 Å². The number of hydrogen-bond donors (Lipinski definition) is 2. The Kier molecular flexibility index (Phi) is 8.13. The van der Waals surface area contributed by atoms with Gasteiger partial charge in [-0.1, -0.05) is 13.0 Å².